The van der Waals surface area contributed by atoms with Crippen molar-refractivity contribution >= 4 is 0 Å². The van der Waals surface area contributed by atoms with Crippen molar-refractivity contribution in [1.82, 2.24) is 0 Å². The van der Waals surface area contributed by atoms with Crippen LogP contribution in [0.3, 0.4) is 0 Å². The van der Waals surface area contributed by atoms with E-state index in [1.807, 2.05) is 0 Å². The molecule has 3 aromatic carbocycles. The van der Waals surface area contributed by atoms with Gasteiger partial charge in [0.25, 0.3) is 0 Å². The van der Waals surface area contributed by atoms with Gasteiger partial charge in [0, 0.05) is 5.92 Å². The summed E-state index contributed by atoms with van der Waals surface area (Å²) in [5, 5.41) is 0. The summed E-state index contributed by atoms with van der Waals surface area (Å²) in [7, 11) is 0. The molecule has 0 spiro atoms. The highest BCUT2D eigenvalue weighted by Crippen LogP contribution is 2.47. The van der Waals surface area contributed by atoms with Gasteiger partial charge in [-0.25, -0.2) is 0 Å². The Hall–Kier alpha value is -2.34. The van der Waals surface area contributed by atoms with E-state index in [-0.39, 0.29) is 0 Å². The van der Waals surface area contributed by atoms with Crippen LogP contribution in [0.25, 0.3) is 11.1 Å². The number of fused-ring (bicyclic) bond motifs is 3. The Morgan fingerprint density at radius 3 is 1.56 bits per heavy atom. The lowest BCUT2D eigenvalue weighted by atomic mass is 9.85. The molecular weight excluding hydrogens is 300 g/mol. The summed E-state index contributed by atoms with van der Waals surface area (Å²) in [6.45, 7) is 11.1. The second-order valence-electron chi connectivity index (χ2n) is 7.82. The third-order valence-electron chi connectivity index (χ3n) is 5.70. The molecule has 0 nitrogen and oxygen atoms in total. The van der Waals surface area contributed by atoms with Gasteiger partial charge in [-0.2, -0.15) is 0 Å². The van der Waals surface area contributed by atoms with Gasteiger partial charge in [0.2, 0.25) is 0 Å². The fourth-order valence-corrected chi connectivity index (χ4v) is 4.55. The molecule has 0 heteroatoms. The molecule has 0 fully saturated rings. The van der Waals surface area contributed by atoms with E-state index >= 15 is 0 Å². The van der Waals surface area contributed by atoms with Crippen molar-refractivity contribution in [3.05, 3.63) is 93.0 Å². The van der Waals surface area contributed by atoms with Crippen molar-refractivity contribution in [2.75, 3.05) is 0 Å². The predicted octanol–water partition coefficient (Wildman–Crippen LogP) is 6.58. The van der Waals surface area contributed by atoms with Crippen LogP contribution in [-0.4, -0.2) is 0 Å². The Labute approximate surface area is 151 Å². The van der Waals surface area contributed by atoms with Gasteiger partial charge in [-0.3, -0.25) is 0 Å². The highest BCUT2D eigenvalue weighted by Gasteiger charge is 2.29. The van der Waals surface area contributed by atoms with Gasteiger partial charge in [-0.05, 0) is 80.0 Å². The minimum atomic E-state index is 0.463. The van der Waals surface area contributed by atoms with Crippen molar-refractivity contribution in [1.29, 1.82) is 0 Å². The molecule has 0 aliphatic heterocycles. The summed E-state index contributed by atoms with van der Waals surface area (Å²) in [5.74, 6) is 0.463. The molecule has 1 aliphatic carbocycles. The Morgan fingerprint density at radius 2 is 1.08 bits per heavy atom. The lowest BCUT2D eigenvalue weighted by Gasteiger charge is -2.19. The lowest BCUT2D eigenvalue weighted by Crippen LogP contribution is -2.05. The van der Waals surface area contributed by atoms with Crippen molar-refractivity contribution in [3.8, 4) is 11.1 Å². The summed E-state index contributed by atoms with van der Waals surface area (Å²) in [6, 6.07) is 18.6. The maximum Gasteiger partial charge on any atom is 0.0142 e. The summed E-state index contributed by atoms with van der Waals surface area (Å²) in [6.07, 6.45) is 1.09. The second kappa shape index (κ2) is 5.88. The maximum atomic E-state index is 2.40. The first-order valence-corrected chi connectivity index (χ1v) is 9.22. The SMILES string of the molecule is Cc1cc(C)c(CC2c3cc(C)ccc3-c3ccc(C)cc32)c(C)c1. The zero-order chi connectivity index (χ0) is 17.7. The molecule has 0 aromatic heterocycles. The zero-order valence-electron chi connectivity index (χ0n) is 15.9. The average Bonchev–Trinajstić information content (AvgIpc) is 2.83. The van der Waals surface area contributed by atoms with E-state index in [2.05, 4.69) is 83.1 Å². The van der Waals surface area contributed by atoms with Gasteiger partial charge in [0.05, 0.1) is 0 Å². The Kier molecular flexibility index (Phi) is 3.80. The molecule has 0 N–H and O–H groups in total. The van der Waals surface area contributed by atoms with Crippen LogP contribution in [0.4, 0.5) is 0 Å². The van der Waals surface area contributed by atoms with Crippen molar-refractivity contribution < 1.29 is 0 Å². The van der Waals surface area contributed by atoms with E-state index in [1.165, 1.54) is 55.6 Å². The highest BCUT2D eigenvalue weighted by molar-refractivity contribution is 5.79. The first-order valence-electron chi connectivity index (χ1n) is 9.22. The molecule has 0 bridgehead atoms. The summed E-state index contributed by atoms with van der Waals surface area (Å²) in [4.78, 5) is 0. The summed E-state index contributed by atoms with van der Waals surface area (Å²) < 4.78 is 0. The summed E-state index contributed by atoms with van der Waals surface area (Å²) in [5.41, 5.74) is 14.3. The third-order valence-corrected chi connectivity index (χ3v) is 5.70. The topological polar surface area (TPSA) is 0 Å². The van der Waals surface area contributed by atoms with E-state index in [0.717, 1.165) is 6.42 Å². The molecule has 25 heavy (non-hydrogen) atoms. The van der Waals surface area contributed by atoms with E-state index in [9.17, 15) is 0 Å². The molecule has 0 radical (unpaired) electrons. The number of benzene rings is 3. The van der Waals surface area contributed by atoms with Crippen LogP contribution >= 0.6 is 0 Å². The maximum absolute atomic E-state index is 2.40. The van der Waals surface area contributed by atoms with Crippen LogP contribution in [0.5, 0.6) is 0 Å². The van der Waals surface area contributed by atoms with Crippen LogP contribution in [0.1, 0.15) is 50.4 Å². The Bertz CT molecular complexity index is 901. The van der Waals surface area contributed by atoms with E-state index in [0.29, 0.717) is 5.92 Å². The van der Waals surface area contributed by atoms with Crippen LogP contribution in [0.15, 0.2) is 48.5 Å². The standard InChI is InChI=1S/C25H26/c1-15-6-8-20-21-9-7-16(2)13-24(21)25(23(20)12-15)14-22-18(4)10-17(3)11-19(22)5/h6-13,25H,14H2,1-5H3. The molecule has 0 saturated heterocycles. The summed E-state index contributed by atoms with van der Waals surface area (Å²) >= 11 is 0. The van der Waals surface area contributed by atoms with Gasteiger partial charge >= 0.3 is 0 Å². The Balaban J connectivity index is 1.88. The van der Waals surface area contributed by atoms with Crippen molar-refractivity contribution in [2.45, 2.75) is 47.0 Å². The molecule has 0 unspecified atom stereocenters. The van der Waals surface area contributed by atoms with Crippen LogP contribution in [0.2, 0.25) is 0 Å². The zero-order valence-corrected chi connectivity index (χ0v) is 15.9. The number of hydrogen-bond acceptors (Lipinski definition) is 0. The molecule has 0 saturated carbocycles. The minimum Gasteiger partial charge on any atom is -0.0587 e. The van der Waals surface area contributed by atoms with Gasteiger partial charge in [0.1, 0.15) is 0 Å². The molecule has 4 rings (SSSR count). The second-order valence-corrected chi connectivity index (χ2v) is 7.82. The van der Waals surface area contributed by atoms with Crippen molar-refractivity contribution in [2.24, 2.45) is 0 Å². The van der Waals surface area contributed by atoms with E-state index in [1.54, 1.807) is 0 Å². The van der Waals surface area contributed by atoms with Crippen molar-refractivity contribution in [3.63, 3.8) is 0 Å². The van der Waals surface area contributed by atoms with Gasteiger partial charge in [-0.15, -0.1) is 0 Å². The number of aryl methyl sites for hydroxylation is 5. The quantitative estimate of drug-likeness (QED) is 0.498. The van der Waals surface area contributed by atoms with E-state index < -0.39 is 0 Å². The van der Waals surface area contributed by atoms with Crippen LogP contribution in [-0.2, 0) is 6.42 Å². The monoisotopic (exact) mass is 326 g/mol. The minimum absolute atomic E-state index is 0.463. The van der Waals surface area contributed by atoms with Gasteiger partial charge in [-0.1, -0.05) is 65.2 Å². The predicted molar refractivity (Wildman–Crippen MR) is 108 cm³/mol. The van der Waals surface area contributed by atoms with Gasteiger partial charge in [0.15, 0.2) is 0 Å². The lowest BCUT2D eigenvalue weighted by molar-refractivity contribution is 0.813. The molecular formula is C25H26. The fraction of sp³-hybridized carbons (Fsp3) is 0.280. The van der Waals surface area contributed by atoms with Crippen LogP contribution in [0, 0.1) is 34.6 Å². The largest absolute Gasteiger partial charge is 0.0587 e. The van der Waals surface area contributed by atoms with Gasteiger partial charge < -0.3 is 0 Å². The molecule has 0 heterocycles. The highest BCUT2D eigenvalue weighted by atomic mass is 14.3. The smallest absolute Gasteiger partial charge is 0.0142 e. The fourth-order valence-electron chi connectivity index (χ4n) is 4.55. The normalized spacial score (nSPS) is 13.0. The Morgan fingerprint density at radius 1 is 0.600 bits per heavy atom. The molecule has 0 amide bonds. The third kappa shape index (κ3) is 2.70. The first-order chi connectivity index (χ1) is 11.9. The molecule has 0 atom stereocenters. The van der Waals surface area contributed by atoms with Crippen LogP contribution < -0.4 is 0 Å². The van der Waals surface area contributed by atoms with E-state index in [4.69, 9.17) is 0 Å². The number of hydrogen-bond donors (Lipinski definition) is 0. The molecule has 126 valence electrons. The number of rotatable bonds is 2. The molecule has 1 aliphatic rings. The average molecular weight is 326 g/mol. The first kappa shape index (κ1) is 16.1. The molecule has 3 aromatic rings.